The molecule has 2 heteroatoms. The Bertz CT molecular complexity index is 206. The molecule has 0 N–H and O–H groups in total. The van der Waals surface area contributed by atoms with E-state index in [2.05, 4.69) is 4.98 Å². The highest BCUT2D eigenvalue weighted by atomic mass is 16.5. The van der Waals surface area contributed by atoms with Crippen LogP contribution in [0.2, 0.25) is 0 Å². The van der Waals surface area contributed by atoms with Gasteiger partial charge in [0.15, 0.2) is 0 Å². The molecule has 1 saturated heterocycles. The Kier molecular flexibility index (Phi) is 1.40. The van der Waals surface area contributed by atoms with Gasteiger partial charge in [-0.1, -0.05) is 6.07 Å². The zero-order valence-electron chi connectivity index (χ0n) is 5.66. The molecular formula is C8H9NO. The van der Waals surface area contributed by atoms with Gasteiger partial charge in [0, 0.05) is 12.6 Å². The number of ether oxygens (including phenoxy) is 1. The highest BCUT2D eigenvalue weighted by molar-refractivity contribution is 5.08. The van der Waals surface area contributed by atoms with Crippen molar-refractivity contribution < 1.29 is 4.74 Å². The van der Waals surface area contributed by atoms with E-state index in [-0.39, 0.29) is 6.10 Å². The topological polar surface area (TPSA) is 22.1 Å². The second-order valence-electron chi connectivity index (χ2n) is 2.40. The van der Waals surface area contributed by atoms with Gasteiger partial charge in [-0.15, -0.1) is 0 Å². The molecule has 1 aromatic rings. The Hall–Kier alpha value is -0.890. The number of pyridine rings is 1. The molecule has 0 spiro atoms. The zero-order chi connectivity index (χ0) is 6.81. The molecule has 1 aromatic heterocycles. The molecule has 2 heterocycles. The van der Waals surface area contributed by atoms with Crippen molar-refractivity contribution in [3.8, 4) is 0 Å². The summed E-state index contributed by atoms with van der Waals surface area (Å²) in [7, 11) is 0. The molecule has 2 rings (SSSR count). The molecule has 1 aliphatic heterocycles. The summed E-state index contributed by atoms with van der Waals surface area (Å²) in [6.07, 6.45) is 3.20. The Labute approximate surface area is 59.9 Å². The van der Waals surface area contributed by atoms with Gasteiger partial charge in [-0.2, -0.15) is 0 Å². The van der Waals surface area contributed by atoms with Crippen LogP contribution in [0.5, 0.6) is 0 Å². The van der Waals surface area contributed by atoms with Crippen LogP contribution >= 0.6 is 0 Å². The number of nitrogens with zero attached hydrogens (tertiary/aromatic N) is 1. The predicted octanol–water partition coefficient (Wildman–Crippen LogP) is 1.54. The van der Waals surface area contributed by atoms with Crippen LogP contribution in [0.15, 0.2) is 24.4 Å². The van der Waals surface area contributed by atoms with E-state index in [0.717, 1.165) is 18.7 Å². The average Bonchev–Trinajstić information content (AvgIpc) is 1.86. The second-order valence-corrected chi connectivity index (χ2v) is 2.40. The standard InChI is InChI=1S/C8H9NO/c1-2-5-9-7(3-1)8-4-6-10-8/h1-3,5,8H,4,6H2. The molecule has 0 amide bonds. The quantitative estimate of drug-likeness (QED) is 0.582. The monoisotopic (exact) mass is 135 g/mol. The van der Waals surface area contributed by atoms with Gasteiger partial charge >= 0.3 is 0 Å². The van der Waals surface area contributed by atoms with Crippen molar-refractivity contribution in [2.45, 2.75) is 12.5 Å². The molecule has 1 aliphatic rings. The van der Waals surface area contributed by atoms with E-state index >= 15 is 0 Å². The molecule has 0 bridgehead atoms. The van der Waals surface area contributed by atoms with Gasteiger partial charge < -0.3 is 4.74 Å². The first-order chi connectivity index (χ1) is 4.97. The first-order valence-corrected chi connectivity index (χ1v) is 3.49. The molecular weight excluding hydrogens is 126 g/mol. The summed E-state index contributed by atoms with van der Waals surface area (Å²) in [5, 5.41) is 0. The van der Waals surface area contributed by atoms with Crippen LogP contribution in [0.1, 0.15) is 18.2 Å². The highest BCUT2D eigenvalue weighted by Gasteiger charge is 2.20. The number of hydrogen-bond acceptors (Lipinski definition) is 2. The molecule has 10 heavy (non-hydrogen) atoms. The minimum absolute atomic E-state index is 0.279. The van der Waals surface area contributed by atoms with Gasteiger partial charge in [0.05, 0.1) is 12.3 Å². The first-order valence-electron chi connectivity index (χ1n) is 3.49. The largest absolute Gasteiger partial charge is 0.372 e. The number of hydrogen-bond donors (Lipinski definition) is 0. The minimum Gasteiger partial charge on any atom is -0.372 e. The third-order valence-corrected chi connectivity index (χ3v) is 1.72. The van der Waals surface area contributed by atoms with E-state index in [9.17, 15) is 0 Å². The summed E-state index contributed by atoms with van der Waals surface area (Å²) in [4.78, 5) is 4.18. The molecule has 1 atom stereocenters. The molecule has 0 aromatic carbocycles. The summed E-state index contributed by atoms with van der Waals surface area (Å²) in [5.41, 5.74) is 1.06. The van der Waals surface area contributed by atoms with Crippen LogP contribution in [-0.2, 0) is 4.74 Å². The Morgan fingerprint density at radius 3 is 2.90 bits per heavy atom. The lowest BCUT2D eigenvalue weighted by Crippen LogP contribution is -2.18. The highest BCUT2D eigenvalue weighted by Crippen LogP contribution is 2.26. The van der Waals surface area contributed by atoms with Gasteiger partial charge in [0.2, 0.25) is 0 Å². The summed E-state index contributed by atoms with van der Waals surface area (Å²) < 4.78 is 5.25. The predicted molar refractivity (Wildman–Crippen MR) is 37.5 cm³/mol. The smallest absolute Gasteiger partial charge is 0.102 e. The van der Waals surface area contributed by atoms with Crippen molar-refractivity contribution >= 4 is 0 Å². The summed E-state index contributed by atoms with van der Waals surface area (Å²) >= 11 is 0. The molecule has 2 nitrogen and oxygen atoms in total. The molecule has 1 unspecified atom stereocenters. The van der Waals surface area contributed by atoms with E-state index in [1.54, 1.807) is 6.20 Å². The maximum absolute atomic E-state index is 5.25. The summed E-state index contributed by atoms with van der Waals surface area (Å²) in [5.74, 6) is 0. The van der Waals surface area contributed by atoms with Crippen molar-refractivity contribution in [3.05, 3.63) is 30.1 Å². The normalized spacial score (nSPS) is 23.8. The van der Waals surface area contributed by atoms with Gasteiger partial charge in [0.25, 0.3) is 0 Å². The number of rotatable bonds is 1. The zero-order valence-corrected chi connectivity index (χ0v) is 5.66. The maximum atomic E-state index is 5.25. The van der Waals surface area contributed by atoms with Gasteiger partial charge in [-0.3, -0.25) is 4.98 Å². The average molecular weight is 135 g/mol. The first kappa shape index (κ1) is 5.86. The van der Waals surface area contributed by atoms with E-state index < -0.39 is 0 Å². The van der Waals surface area contributed by atoms with Gasteiger partial charge in [0.1, 0.15) is 6.10 Å². The fourth-order valence-corrected chi connectivity index (χ4v) is 1.04. The fraction of sp³-hybridized carbons (Fsp3) is 0.375. The van der Waals surface area contributed by atoms with Crippen LogP contribution in [0, 0.1) is 0 Å². The third-order valence-electron chi connectivity index (χ3n) is 1.72. The van der Waals surface area contributed by atoms with Crippen molar-refractivity contribution in [1.29, 1.82) is 0 Å². The van der Waals surface area contributed by atoms with E-state index in [4.69, 9.17) is 4.74 Å². The van der Waals surface area contributed by atoms with Crippen molar-refractivity contribution in [2.24, 2.45) is 0 Å². The lowest BCUT2D eigenvalue weighted by molar-refractivity contribution is -0.0552. The fourth-order valence-electron chi connectivity index (χ4n) is 1.04. The molecule has 0 radical (unpaired) electrons. The molecule has 0 aliphatic carbocycles. The Morgan fingerprint density at radius 1 is 1.50 bits per heavy atom. The van der Waals surface area contributed by atoms with E-state index in [0.29, 0.717) is 0 Å². The Morgan fingerprint density at radius 2 is 2.40 bits per heavy atom. The van der Waals surface area contributed by atoms with Crippen molar-refractivity contribution in [1.82, 2.24) is 4.98 Å². The molecule has 0 saturated carbocycles. The lowest BCUT2D eigenvalue weighted by Gasteiger charge is -2.25. The van der Waals surface area contributed by atoms with Crippen LogP contribution in [0.25, 0.3) is 0 Å². The van der Waals surface area contributed by atoms with Crippen LogP contribution < -0.4 is 0 Å². The Balaban J connectivity index is 2.18. The van der Waals surface area contributed by atoms with Crippen LogP contribution in [-0.4, -0.2) is 11.6 Å². The molecule has 1 fully saturated rings. The van der Waals surface area contributed by atoms with E-state index in [1.807, 2.05) is 18.2 Å². The third kappa shape index (κ3) is 0.907. The summed E-state index contributed by atoms with van der Waals surface area (Å²) in [6.45, 7) is 0.890. The van der Waals surface area contributed by atoms with Gasteiger partial charge in [-0.25, -0.2) is 0 Å². The SMILES string of the molecule is c1ccc(C2CCO2)nc1. The molecule has 52 valence electrons. The van der Waals surface area contributed by atoms with Crippen LogP contribution in [0.3, 0.4) is 0 Å². The minimum atomic E-state index is 0.279. The maximum Gasteiger partial charge on any atom is 0.102 e. The number of aromatic nitrogens is 1. The second kappa shape index (κ2) is 2.39. The van der Waals surface area contributed by atoms with E-state index in [1.165, 1.54) is 0 Å². The van der Waals surface area contributed by atoms with Gasteiger partial charge in [-0.05, 0) is 12.1 Å². The van der Waals surface area contributed by atoms with Crippen LogP contribution in [0.4, 0.5) is 0 Å². The summed E-state index contributed by atoms with van der Waals surface area (Å²) in [6, 6.07) is 5.91. The van der Waals surface area contributed by atoms with Crippen molar-refractivity contribution in [3.63, 3.8) is 0 Å². The van der Waals surface area contributed by atoms with Crippen molar-refractivity contribution in [2.75, 3.05) is 6.61 Å². The lowest BCUT2D eigenvalue weighted by atomic mass is 10.1.